The zero-order valence-electron chi connectivity index (χ0n) is 13.7. The Kier molecular flexibility index (Phi) is 5.56. The van der Waals surface area contributed by atoms with Crippen molar-refractivity contribution >= 4 is 6.03 Å². The second-order valence-corrected chi connectivity index (χ2v) is 6.37. The number of aromatic nitrogens is 1. The summed E-state index contributed by atoms with van der Waals surface area (Å²) in [5.74, 6) is -1.36. The van der Waals surface area contributed by atoms with Crippen molar-refractivity contribution in [2.24, 2.45) is 5.92 Å². The number of carbonyl (C=O) groups excluding carboxylic acids is 1. The molecule has 0 aromatic carbocycles. The van der Waals surface area contributed by atoms with Gasteiger partial charge in [-0.1, -0.05) is 6.42 Å². The third kappa shape index (κ3) is 4.75. The van der Waals surface area contributed by atoms with Crippen LogP contribution >= 0.6 is 0 Å². The molecule has 3 N–H and O–H groups in total. The molecule has 1 aliphatic rings. The van der Waals surface area contributed by atoms with E-state index >= 15 is 0 Å². The maximum absolute atomic E-state index is 12.8. The molecule has 1 fully saturated rings. The van der Waals surface area contributed by atoms with Crippen molar-refractivity contribution in [3.63, 3.8) is 0 Å². The van der Waals surface area contributed by atoms with Crippen LogP contribution in [0.1, 0.15) is 42.5 Å². The van der Waals surface area contributed by atoms with Crippen LogP contribution in [0, 0.1) is 19.8 Å². The predicted molar refractivity (Wildman–Crippen MR) is 83.7 cm³/mol. The molecule has 5 nitrogen and oxygen atoms in total. The van der Waals surface area contributed by atoms with Crippen molar-refractivity contribution in [3.8, 4) is 0 Å². The molecule has 2 atom stereocenters. The number of H-pyrrole nitrogens is 1. The summed E-state index contributed by atoms with van der Waals surface area (Å²) in [7, 11) is 0. The fourth-order valence-corrected chi connectivity index (χ4v) is 3.12. The molecule has 0 bridgehead atoms. The molecule has 1 aromatic rings. The first kappa shape index (κ1) is 18.4. The van der Waals surface area contributed by atoms with Crippen LogP contribution in [0.15, 0.2) is 10.9 Å². The van der Waals surface area contributed by atoms with Crippen LogP contribution in [-0.2, 0) is 6.54 Å². The van der Waals surface area contributed by atoms with Crippen LogP contribution < -0.4 is 16.2 Å². The van der Waals surface area contributed by atoms with Crippen LogP contribution in [0.25, 0.3) is 0 Å². The van der Waals surface area contributed by atoms with Gasteiger partial charge in [0.1, 0.15) is 0 Å². The Morgan fingerprint density at radius 3 is 2.67 bits per heavy atom. The van der Waals surface area contributed by atoms with Crippen molar-refractivity contribution < 1.29 is 18.0 Å². The van der Waals surface area contributed by atoms with Gasteiger partial charge in [0, 0.05) is 17.3 Å². The molecule has 134 valence electrons. The van der Waals surface area contributed by atoms with E-state index in [9.17, 15) is 22.8 Å². The number of rotatable bonds is 3. The molecule has 1 heterocycles. The highest BCUT2D eigenvalue weighted by Crippen LogP contribution is 2.37. The number of halogens is 3. The van der Waals surface area contributed by atoms with Gasteiger partial charge in [0.2, 0.25) is 0 Å². The summed E-state index contributed by atoms with van der Waals surface area (Å²) in [6, 6.07) is 0.746. The molecule has 0 radical (unpaired) electrons. The van der Waals surface area contributed by atoms with Gasteiger partial charge >= 0.3 is 12.2 Å². The Labute approximate surface area is 138 Å². The molecule has 1 aliphatic carbocycles. The zero-order valence-corrected chi connectivity index (χ0v) is 13.7. The Hall–Kier alpha value is -1.99. The molecule has 0 saturated heterocycles. The first-order valence-corrected chi connectivity index (χ1v) is 7.97. The Balaban J connectivity index is 1.89. The largest absolute Gasteiger partial charge is 0.391 e. The SMILES string of the molecule is Cc1cc(C)c(CNC(=O)NC2CCCC(C(F)(F)F)C2)c(=O)[nH]1. The summed E-state index contributed by atoms with van der Waals surface area (Å²) in [4.78, 5) is 26.4. The fraction of sp³-hybridized carbons (Fsp3) is 0.625. The zero-order chi connectivity index (χ0) is 17.9. The summed E-state index contributed by atoms with van der Waals surface area (Å²) >= 11 is 0. The van der Waals surface area contributed by atoms with E-state index in [1.807, 2.05) is 0 Å². The van der Waals surface area contributed by atoms with Gasteiger partial charge in [-0.3, -0.25) is 4.79 Å². The lowest BCUT2D eigenvalue weighted by molar-refractivity contribution is -0.183. The van der Waals surface area contributed by atoms with Gasteiger partial charge in [0.15, 0.2) is 0 Å². The number of pyridine rings is 1. The van der Waals surface area contributed by atoms with E-state index in [2.05, 4.69) is 15.6 Å². The number of hydrogen-bond acceptors (Lipinski definition) is 2. The van der Waals surface area contributed by atoms with Crippen LogP contribution in [-0.4, -0.2) is 23.2 Å². The Morgan fingerprint density at radius 2 is 2.04 bits per heavy atom. The van der Waals surface area contributed by atoms with Gasteiger partial charge in [-0.2, -0.15) is 13.2 Å². The van der Waals surface area contributed by atoms with Crippen molar-refractivity contribution in [3.05, 3.63) is 33.2 Å². The average Bonchev–Trinajstić information content (AvgIpc) is 2.45. The average molecular weight is 345 g/mol. The molecule has 2 amide bonds. The standard InChI is InChI=1S/C16H22F3N3O2/c1-9-6-10(2)21-14(23)13(9)8-20-15(24)22-12-5-3-4-11(7-12)16(17,18)19/h6,11-12H,3-5,7-8H2,1-2H3,(H,21,23)(H2,20,22,24). The lowest BCUT2D eigenvalue weighted by Gasteiger charge is -2.31. The highest BCUT2D eigenvalue weighted by atomic mass is 19.4. The third-order valence-corrected chi connectivity index (χ3v) is 4.39. The molecule has 1 aromatic heterocycles. The molecular weight excluding hydrogens is 323 g/mol. The van der Waals surface area contributed by atoms with E-state index in [1.54, 1.807) is 19.9 Å². The van der Waals surface area contributed by atoms with E-state index in [-0.39, 0.29) is 24.9 Å². The monoisotopic (exact) mass is 345 g/mol. The maximum atomic E-state index is 12.8. The van der Waals surface area contributed by atoms with Crippen molar-refractivity contribution in [2.45, 2.75) is 58.3 Å². The molecular formula is C16H22F3N3O2. The number of hydrogen-bond donors (Lipinski definition) is 3. The van der Waals surface area contributed by atoms with Gasteiger partial charge in [0.25, 0.3) is 5.56 Å². The molecule has 2 rings (SSSR count). The highest BCUT2D eigenvalue weighted by molar-refractivity contribution is 5.74. The van der Waals surface area contributed by atoms with Gasteiger partial charge in [-0.25, -0.2) is 4.79 Å². The number of nitrogens with one attached hydrogen (secondary N) is 3. The van der Waals surface area contributed by atoms with Gasteiger partial charge in [0.05, 0.1) is 12.5 Å². The summed E-state index contributed by atoms with van der Waals surface area (Å²) in [5.41, 5.74) is 1.65. The van der Waals surface area contributed by atoms with E-state index in [0.29, 0.717) is 18.4 Å². The number of aryl methyl sites for hydroxylation is 2. The minimum absolute atomic E-state index is 0.0305. The number of amides is 2. The summed E-state index contributed by atoms with van der Waals surface area (Å²) < 4.78 is 38.3. The van der Waals surface area contributed by atoms with Crippen LogP contribution in [0.2, 0.25) is 0 Å². The topological polar surface area (TPSA) is 74.0 Å². The van der Waals surface area contributed by atoms with Crippen molar-refractivity contribution in [1.29, 1.82) is 0 Å². The maximum Gasteiger partial charge on any atom is 0.391 e. The summed E-state index contributed by atoms with van der Waals surface area (Å²) in [6.07, 6.45) is -3.23. The third-order valence-electron chi connectivity index (χ3n) is 4.39. The molecule has 24 heavy (non-hydrogen) atoms. The predicted octanol–water partition coefficient (Wildman–Crippen LogP) is 2.91. The quantitative estimate of drug-likeness (QED) is 0.788. The lowest BCUT2D eigenvalue weighted by atomic mass is 9.85. The van der Waals surface area contributed by atoms with E-state index in [0.717, 1.165) is 11.3 Å². The van der Waals surface area contributed by atoms with Gasteiger partial charge in [-0.15, -0.1) is 0 Å². The van der Waals surface area contributed by atoms with E-state index in [4.69, 9.17) is 0 Å². The van der Waals surface area contributed by atoms with E-state index < -0.39 is 24.2 Å². The van der Waals surface area contributed by atoms with Crippen LogP contribution in [0.3, 0.4) is 0 Å². The number of carbonyl (C=O) groups is 1. The summed E-state index contributed by atoms with van der Waals surface area (Å²) in [5, 5.41) is 5.13. The minimum Gasteiger partial charge on any atom is -0.335 e. The first-order chi connectivity index (χ1) is 11.2. The molecule has 8 heteroatoms. The normalized spacial score (nSPS) is 21.4. The van der Waals surface area contributed by atoms with Crippen molar-refractivity contribution in [2.75, 3.05) is 0 Å². The lowest BCUT2D eigenvalue weighted by Crippen LogP contribution is -2.46. The van der Waals surface area contributed by atoms with Crippen LogP contribution in [0.4, 0.5) is 18.0 Å². The molecule has 2 unspecified atom stereocenters. The number of aromatic amines is 1. The van der Waals surface area contributed by atoms with Crippen LogP contribution in [0.5, 0.6) is 0 Å². The highest BCUT2D eigenvalue weighted by Gasteiger charge is 2.42. The fourth-order valence-electron chi connectivity index (χ4n) is 3.12. The number of urea groups is 1. The smallest absolute Gasteiger partial charge is 0.335 e. The van der Waals surface area contributed by atoms with Gasteiger partial charge in [-0.05, 0) is 44.7 Å². The Bertz CT molecular complexity index is 655. The number of alkyl halides is 3. The Morgan fingerprint density at radius 1 is 1.33 bits per heavy atom. The second-order valence-electron chi connectivity index (χ2n) is 6.37. The molecule has 0 aliphatic heterocycles. The molecule has 1 saturated carbocycles. The van der Waals surface area contributed by atoms with E-state index in [1.165, 1.54) is 0 Å². The first-order valence-electron chi connectivity index (χ1n) is 7.97. The summed E-state index contributed by atoms with van der Waals surface area (Å²) in [6.45, 7) is 3.56. The van der Waals surface area contributed by atoms with Crippen molar-refractivity contribution in [1.82, 2.24) is 15.6 Å². The minimum atomic E-state index is -4.22. The molecule has 0 spiro atoms. The van der Waals surface area contributed by atoms with Gasteiger partial charge < -0.3 is 15.6 Å². The second kappa shape index (κ2) is 7.27.